The van der Waals surface area contributed by atoms with Gasteiger partial charge in [0.25, 0.3) is 0 Å². The molecule has 1 aromatic carbocycles. The molecule has 0 aliphatic carbocycles. The van der Waals surface area contributed by atoms with Crippen molar-refractivity contribution in [3.8, 4) is 0 Å². The van der Waals surface area contributed by atoms with E-state index >= 15 is 0 Å². The Morgan fingerprint density at radius 2 is 2.12 bits per heavy atom. The van der Waals surface area contributed by atoms with Gasteiger partial charge in [0, 0.05) is 19.6 Å². The van der Waals surface area contributed by atoms with Gasteiger partial charge in [-0.15, -0.1) is 0 Å². The molecule has 0 N–H and O–H groups in total. The van der Waals surface area contributed by atoms with Crippen molar-refractivity contribution in [2.45, 2.75) is 26.0 Å². The van der Waals surface area contributed by atoms with Crippen molar-refractivity contribution < 1.29 is 9.53 Å². The molecule has 0 radical (unpaired) electrons. The van der Waals surface area contributed by atoms with Gasteiger partial charge in [0.1, 0.15) is 6.23 Å². The number of amides is 1. The standard InChI is InChI=1S/C14H19NO2/c1-11(17-2)15-9-8-13(14(15)16)10-12-6-4-3-5-7-12/h3-7,11,13H,8-10H2,1-2H3. The highest BCUT2D eigenvalue weighted by Gasteiger charge is 2.34. The number of ether oxygens (including phenoxy) is 1. The molecule has 1 fully saturated rings. The van der Waals surface area contributed by atoms with Crippen LogP contribution in [0.4, 0.5) is 0 Å². The van der Waals surface area contributed by atoms with Crippen LogP contribution < -0.4 is 0 Å². The molecule has 1 amide bonds. The largest absolute Gasteiger partial charge is 0.362 e. The smallest absolute Gasteiger partial charge is 0.228 e. The fourth-order valence-corrected chi connectivity index (χ4v) is 2.34. The molecule has 1 aliphatic rings. The maximum absolute atomic E-state index is 12.2. The van der Waals surface area contributed by atoms with E-state index in [0.29, 0.717) is 0 Å². The second-order valence-electron chi connectivity index (χ2n) is 4.54. The Balaban J connectivity index is 1.99. The van der Waals surface area contributed by atoms with Gasteiger partial charge in [0.15, 0.2) is 0 Å². The lowest BCUT2D eigenvalue weighted by atomic mass is 9.98. The summed E-state index contributed by atoms with van der Waals surface area (Å²) in [7, 11) is 1.64. The van der Waals surface area contributed by atoms with Crippen LogP contribution in [0.5, 0.6) is 0 Å². The van der Waals surface area contributed by atoms with Crippen LogP contribution in [0.3, 0.4) is 0 Å². The first kappa shape index (κ1) is 12.1. The van der Waals surface area contributed by atoms with Crippen molar-refractivity contribution in [1.82, 2.24) is 4.90 Å². The molecule has 0 aromatic heterocycles. The monoisotopic (exact) mass is 233 g/mol. The minimum Gasteiger partial charge on any atom is -0.362 e. The molecule has 3 nitrogen and oxygen atoms in total. The van der Waals surface area contributed by atoms with Gasteiger partial charge in [-0.3, -0.25) is 4.79 Å². The number of likely N-dealkylation sites (tertiary alicyclic amines) is 1. The average molecular weight is 233 g/mol. The van der Waals surface area contributed by atoms with Crippen LogP contribution in [0, 0.1) is 5.92 Å². The zero-order valence-electron chi connectivity index (χ0n) is 10.4. The highest BCUT2D eigenvalue weighted by molar-refractivity contribution is 5.81. The molecule has 1 heterocycles. The Labute approximate surface area is 102 Å². The fourth-order valence-electron chi connectivity index (χ4n) is 2.34. The molecule has 3 heteroatoms. The molecule has 2 atom stereocenters. The number of carbonyl (C=O) groups excluding carboxylic acids is 1. The van der Waals surface area contributed by atoms with E-state index in [0.717, 1.165) is 19.4 Å². The summed E-state index contributed by atoms with van der Waals surface area (Å²) in [5, 5.41) is 0. The van der Waals surface area contributed by atoms with Crippen LogP contribution in [-0.2, 0) is 16.0 Å². The van der Waals surface area contributed by atoms with Crippen molar-refractivity contribution >= 4 is 5.91 Å². The normalized spacial score (nSPS) is 21.9. The van der Waals surface area contributed by atoms with Crippen molar-refractivity contribution in [3.05, 3.63) is 35.9 Å². The molecule has 1 aromatic rings. The third-order valence-corrected chi connectivity index (χ3v) is 3.46. The Morgan fingerprint density at radius 1 is 1.41 bits per heavy atom. The summed E-state index contributed by atoms with van der Waals surface area (Å²) >= 11 is 0. The molecule has 2 rings (SSSR count). The number of rotatable bonds is 4. The van der Waals surface area contributed by atoms with Crippen molar-refractivity contribution in [1.29, 1.82) is 0 Å². The van der Waals surface area contributed by atoms with Gasteiger partial charge in [-0.2, -0.15) is 0 Å². The summed E-state index contributed by atoms with van der Waals surface area (Å²) < 4.78 is 5.21. The van der Waals surface area contributed by atoms with E-state index in [1.807, 2.05) is 30.0 Å². The highest BCUT2D eigenvalue weighted by Crippen LogP contribution is 2.24. The lowest BCUT2D eigenvalue weighted by Gasteiger charge is -2.23. The molecule has 92 valence electrons. The molecule has 0 bridgehead atoms. The van der Waals surface area contributed by atoms with Gasteiger partial charge in [0.2, 0.25) is 5.91 Å². The Bertz CT molecular complexity index is 377. The summed E-state index contributed by atoms with van der Waals surface area (Å²) in [6, 6.07) is 10.2. The summed E-state index contributed by atoms with van der Waals surface area (Å²) in [4.78, 5) is 14.0. The zero-order valence-corrected chi connectivity index (χ0v) is 10.4. The van der Waals surface area contributed by atoms with Crippen LogP contribution >= 0.6 is 0 Å². The van der Waals surface area contributed by atoms with E-state index in [-0.39, 0.29) is 18.1 Å². The van der Waals surface area contributed by atoms with Gasteiger partial charge < -0.3 is 9.64 Å². The third-order valence-electron chi connectivity index (χ3n) is 3.46. The van der Waals surface area contributed by atoms with Gasteiger partial charge in [-0.25, -0.2) is 0 Å². The Morgan fingerprint density at radius 3 is 2.76 bits per heavy atom. The van der Waals surface area contributed by atoms with E-state index in [1.165, 1.54) is 5.56 Å². The van der Waals surface area contributed by atoms with Crippen molar-refractivity contribution in [2.75, 3.05) is 13.7 Å². The van der Waals surface area contributed by atoms with E-state index < -0.39 is 0 Å². The van der Waals surface area contributed by atoms with Crippen LogP contribution in [0.1, 0.15) is 18.9 Å². The van der Waals surface area contributed by atoms with Crippen LogP contribution in [0.15, 0.2) is 30.3 Å². The molecule has 0 spiro atoms. The van der Waals surface area contributed by atoms with E-state index in [2.05, 4.69) is 12.1 Å². The van der Waals surface area contributed by atoms with E-state index in [9.17, 15) is 4.79 Å². The summed E-state index contributed by atoms with van der Waals surface area (Å²) in [5.41, 5.74) is 1.23. The number of benzene rings is 1. The number of hydrogen-bond acceptors (Lipinski definition) is 2. The maximum atomic E-state index is 12.2. The van der Waals surface area contributed by atoms with Gasteiger partial charge in [-0.1, -0.05) is 30.3 Å². The van der Waals surface area contributed by atoms with Gasteiger partial charge in [-0.05, 0) is 25.3 Å². The van der Waals surface area contributed by atoms with Gasteiger partial charge in [0.05, 0.1) is 0 Å². The third kappa shape index (κ3) is 2.67. The van der Waals surface area contributed by atoms with Crippen LogP contribution in [0.25, 0.3) is 0 Å². The molecule has 2 unspecified atom stereocenters. The Hall–Kier alpha value is -1.35. The minimum absolute atomic E-state index is 0.108. The summed E-state index contributed by atoms with van der Waals surface area (Å²) in [5.74, 6) is 0.346. The van der Waals surface area contributed by atoms with E-state index in [4.69, 9.17) is 4.74 Å². The summed E-state index contributed by atoms with van der Waals surface area (Å²) in [6.07, 6.45) is 1.66. The number of hydrogen-bond donors (Lipinski definition) is 0. The first-order valence-electron chi connectivity index (χ1n) is 6.09. The highest BCUT2D eigenvalue weighted by atomic mass is 16.5. The molecular weight excluding hydrogens is 214 g/mol. The van der Waals surface area contributed by atoms with Gasteiger partial charge >= 0.3 is 0 Å². The van der Waals surface area contributed by atoms with Crippen LogP contribution in [-0.4, -0.2) is 30.7 Å². The second-order valence-corrected chi connectivity index (χ2v) is 4.54. The van der Waals surface area contributed by atoms with Crippen molar-refractivity contribution in [3.63, 3.8) is 0 Å². The molecule has 17 heavy (non-hydrogen) atoms. The SMILES string of the molecule is COC(C)N1CCC(Cc2ccccc2)C1=O. The lowest BCUT2D eigenvalue weighted by molar-refractivity contribution is -0.140. The quantitative estimate of drug-likeness (QED) is 0.796. The molecule has 1 saturated heterocycles. The fraction of sp³-hybridized carbons (Fsp3) is 0.500. The average Bonchev–Trinajstić information content (AvgIpc) is 2.72. The lowest BCUT2D eigenvalue weighted by Crippen LogP contribution is -2.37. The molecule has 0 saturated carbocycles. The molecular formula is C14H19NO2. The maximum Gasteiger partial charge on any atom is 0.228 e. The predicted octanol–water partition coefficient (Wildman–Crippen LogP) is 2.07. The first-order valence-corrected chi connectivity index (χ1v) is 6.09. The van der Waals surface area contributed by atoms with E-state index in [1.54, 1.807) is 7.11 Å². The Kier molecular flexibility index (Phi) is 3.79. The first-order chi connectivity index (χ1) is 8.22. The molecule has 1 aliphatic heterocycles. The zero-order chi connectivity index (χ0) is 12.3. The summed E-state index contributed by atoms with van der Waals surface area (Å²) in [6.45, 7) is 2.73. The number of methoxy groups -OCH3 is 1. The minimum atomic E-state index is -0.108. The topological polar surface area (TPSA) is 29.5 Å². The second kappa shape index (κ2) is 5.32. The number of carbonyl (C=O) groups is 1. The number of nitrogens with zero attached hydrogens (tertiary/aromatic N) is 1. The van der Waals surface area contributed by atoms with Crippen LogP contribution in [0.2, 0.25) is 0 Å². The predicted molar refractivity (Wildman–Crippen MR) is 66.4 cm³/mol. The van der Waals surface area contributed by atoms with Crippen molar-refractivity contribution in [2.24, 2.45) is 5.92 Å².